The molecule has 0 aliphatic carbocycles. The molecule has 0 bridgehead atoms. The number of carbonyl (C=O) groups is 2. The number of carbonyl (C=O) groups excluding carboxylic acids is 2. The number of Topliss-reactive ketones (excluding diaryl/α,β-unsaturated/α-hetero) is 2. The van der Waals surface area contributed by atoms with Gasteiger partial charge in [0.2, 0.25) is 0 Å². The lowest BCUT2D eigenvalue weighted by molar-refractivity contribution is -0.118. The Morgan fingerprint density at radius 1 is 1.09 bits per heavy atom. The third-order valence-electron chi connectivity index (χ3n) is 3.98. The fraction of sp³-hybridized carbons (Fsp3) is 0.529. The summed E-state index contributed by atoms with van der Waals surface area (Å²) >= 11 is 0. The Balaban J connectivity index is 3.35. The third-order valence-corrected chi connectivity index (χ3v) is 8.26. The van der Waals surface area contributed by atoms with Gasteiger partial charge < -0.3 is 8.85 Å². The summed E-state index contributed by atoms with van der Waals surface area (Å²) in [5.74, 6) is -0.275. The molecule has 0 N–H and O–H groups in total. The molecule has 1 rings (SSSR count). The molecule has 1 aromatic carbocycles. The topological polar surface area (TPSA) is 52.6 Å². The summed E-state index contributed by atoms with van der Waals surface area (Å²) in [5, 5.41) is 0. The van der Waals surface area contributed by atoms with Crippen molar-refractivity contribution in [2.75, 3.05) is 14.2 Å². The predicted molar refractivity (Wildman–Crippen MR) is 89.3 cm³/mol. The second-order valence-electron chi connectivity index (χ2n) is 5.66. The van der Waals surface area contributed by atoms with Crippen LogP contribution in [0, 0.1) is 0 Å². The van der Waals surface area contributed by atoms with Gasteiger partial charge in [0, 0.05) is 26.2 Å². The first-order valence-corrected chi connectivity index (χ1v) is 9.63. The number of rotatable bonds is 9. The minimum Gasteiger partial charge on any atom is -0.397 e. The quantitative estimate of drug-likeness (QED) is 0.395. The zero-order valence-electron chi connectivity index (χ0n) is 14.1. The first kappa shape index (κ1) is 18.7. The van der Waals surface area contributed by atoms with Crippen molar-refractivity contribution < 1.29 is 18.4 Å². The zero-order chi connectivity index (χ0) is 16.8. The summed E-state index contributed by atoms with van der Waals surface area (Å²) in [7, 11) is 0.0883. The van der Waals surface area contributed by atoms with Crippen molar-refractivity contribution in [2.24, 2.45) is 0 Å². The molecule has 22 heavy (non-hydrogen) atoms. The van der Waals surface area contributed by atoms with E-state index in [9.17, 15) is 9.59 Å². The molecular weight excluding hydrogens is 296 g/mol. The largest absolute Gasteiger partial charge is 0.397 e. The van der Waals surface area contributed by atoms with Gasteiger partial charge in [-0.25, -0.2) is 0 Å². The zero-order valence-corrected chi connectivity index (χ0v) is 15.1. The molecule has 0 saturated heterocycles. The van der Waals surface area contributed by atoms with Gasteiger partial charge in [-0.15, -0.1) is 0 Å². The van der Waals surface area contributed by atoms with E-state index in [-0.39, 0.29) is 17.1 Å². The average Bonchev–Trinajstić information content (AvgIpc) is 2.52. The highest BCUT2D eigenvalue weighted by Crippen LogP contribution is 2.38. The van der Waals surface area contributed by atoms with Gasteiger partial charge in [0.05, 0.1) is 0 Å². The summed E-state index contributed by atoms with van der Waals surface area (Å²) in [6, 6.07) is 8.91. The van der Waals surface area contributed by atoms with Crippen LogP contribution in [0.3, 0.4) is 0 Å². The van der Waals surface area contributed by atoms with Crippen LogP contribution in [0.25, 0.3) is 0 Å². The molecule has 0 spiro atoms. The Bertz CT molecular complexity index is 495. The summed E-state index contributed by atoms with van der Waals surface area (Å²) in [6.07, 6.45) is 1.06. The van der Waals surface area contributed by atoms with Gasteiger partial charge in [-0.1, -0.05) is 51.1 Å². The van der Waals surface area contributed by atoms with E-state index in [0.717, 1.165) is 0 Å². The molecule has 0 amide bonds. The Kier molecular flexibility index (Phi) is 7.12. The molecule has 4 nitrogen and oxygen atoms in total. The van der Waals surface area contributed by atoms with E-state index in [2.05, 4.69) is 0 Å². The van der Waals surface area contributed by atoms with E-state index >= 15 is 0 Å². The first-order valence-electron chi connectivity index (χ1n) is 7.66. The van der Waals surface area contributed by atoms with Crippen molar-refractivity contribution in [1.29, 1.82) is 0 Å². The second-order valence-corrected chi connectivity index (χ2v) is 9.66. The van der Waals surface area contributed by atoms with E-state index in [0.29, 0.717) is 18.4 Å². The monoisotopic (exact) mass is 322 g/mol. The molecule has 5 heteroatoms. The SMILES string of the molecule is CCCC(=O)C(C(=O)c1ccccc1)[Si](OC)(OC)C(C)C. The van der Waals surface area contributed by atoms with Crippen LogP contribution in [0.2, 0.25) is 11.1 Å². The van der Waals surface area contributed by atoms with Crippen molar-refractivity contribution in [3.63, 3.8) is 0 Å². The third kappa shape index (κ3) is 3.72. The number of hydrogen-bond acceptors (Lipinski definition) is 4. The fourth-order valence-electron chi connectivity index (χ4n) is 2.84. The van der Waals surface area contributed by atoms with E-state index in [1.165, 1.54) is 0 Å². The van der Waals surface area contributed by atoms with Gasteiger partial charge in [0.15, 0.2) is 5.78 Å². The van der Waals surface area contributed by atoms with Crippen LogP contribution in [0.4, 0.5) is 0 Å². The van der Waals surface area contributed by atoms with Crippen LogP contribution in [0.5, 0.6) is 0 Å². The lowest BCUT2D eigenvalue weighted by Crippen LogP contribution is -2.53. The molecule has 0 radical (unpaired) electrons. The van der Waals surface area contributed by atoms with Crippen LogP contribution in [0.15, 0.2) is 30.3 Å². The lowest BCUT2D eigenvalue weighted by Gasteiger charge is -2.36. The lowest BCUT2D eigenvalue weighted by atomic mass is 10.0. The standard InChI is InChI=1S/C17H26O4Si/c1-6-10-15(18)17(22(20-4,21-5)13(2)3)16(19)14-11-8-7-9-12-14/h7-9,11-13,17H,6,10H2,1-5H3. The average molecular weight is 322 g/mol. The van der Waals surface area contributed by atoms with Gasteiger partial charge >= 0.3 is 8.56 Å². The van der Waals surface area contributed by atoms with Gasteiger partial charge in [-0.3, -0.25) is 9.59 Å². The minimum atomic E-state index is -3.00. The van der Waals surface area contributed by atoms with E-state index in [1.807, 2.05) is 26.8 Å². The van der Waals surface area contributed by atoms with E-state index < -0.39 is 14.1 Å². The predicted octanol–water partition coefficient (Wildman–Crippen LogP) is 3.75. The Morgan fingerprint density at radius 3 is 2.05 bits per heavy atom. The fourth-order valence-corrected chi connectivity index (χ4v) is 6.21. The molecule has 0 fully saturated rings. The van der Waals surface area contributed by atoms with Gasteiger partial charge in [0.1, 0.15) is 11.3 Å². The van der Waals surface area contributed by atoms with Gasteiger partial charge in [-0.2, -0.15) is 0 Å². The van der Waals surface area contributed by atoms with E-state index in [1.54, 1.807) is 38.5 Å². The molecular formula is C17H26O4Si. The highest BCUT2D eigenvalue weighted by molar-refractivity contribution is 6.78. The molecule has 0 aromatic heterocycles. The second kappa shape index (κ2) is 8.36. The van der Waals surface area contributed by atoms with Crippen molar-refractivity contribution in [2.45, 2.75) is 44.7 Å². The van der Waals surface area contributed by atoms with Gasteiger partial charge in [0.25, 0.3) is 0 Å². The maximum Gasteiger partial charge on any atom is 0.359 e. The first-order chi connectivity index (χ1) is 10.4. The smallest absolute Gasteiger partial charge is 0.359 e. The van der Waals surface area contributed by atoms with Crippen LogP contribution < -0.4 is 0 Å². The highest BCUT2D eigenvalue weighted by atomic mass is 28.4. The highest BCUT2D eigenvalue weighted by Gasteiger charge is 2.54. The summed E-state index contributed by atoms with van der Waals surface area (Å²) in [4.78, 5) is 25.7. The molecule has 1 atom stereocenters. The molecule has 0 aliphatic heterocycles. The number of ketones is 2. The summed E-state index contributed by atoms with van der Waals surface area (Å²) in [6.45, 7) is 5.83. The molecule has 1 aromatic rings. The van der Waals surface area contributed by atoms with Crippen LogP contribution in [0.1, 0.15) is 44.0 Å². The summed E-state index contributed by atoms with van der Waals surface area (Å²) in [5.41, 5.74) is -0.311. The van der Waals surface area contributed by atoms with Crippen LogP contribution >= 0.6 is 0 Å². The van der Waals surface area contributed by atoms with Crippen molar-refractivity contribution in [1.82, 2.24) is 0 Å². The normalized spacial score (nSPS) is 13.2. The summed E-state index contributed by atoms with van der Waals surface area (Å²) < 4.78 is 11.4. The maximum absolute atomic E-state index is 13.0. The maximum atomic E-state index is 13.0. The van der Waals surface area contributed by atoms with Crippen molar-refractivity contribution in [3.05, 3.63) is 35.9 Å². The molecule has 0 aliphatic rings. The Hall–Kier alpha value is -1.30. The van der Waals surface area contributed by atoms with E-state index in [4.69, 9.17) is 8.85 Å². The van der Waals surface area contributed by atoms with Crippen LogP contribution in [-0.4, -0.2) is 34.3 Å². The minimum absolute atomic E-state index is 0.0130. The van der Waals surface area contributed by atoms with Crippen molar-refractivity contribution >= 4 is 20.1 Å². The van der Waals surface area contributed by atoms with Gasteiger partial charge in [-0.05, 0) is 12.0 Å². The molecule has 122 valence electrons. The molecule has 0 heterocycles. The van der Waals surface area contributed by atoms with Crippen molar-refractivity contribution in [3.8, 4) is 0 Å². The number of benzene rings is 1. The van der Waals surface area contributed by atoms with Crippen LogP contribution in [-0.2, 0) is 13.6 Å². The molecule has 0 saturated carbocycles. The number of hydrogen-bond donors (Lipinski definition) is 0. The Labute approximate surface area is 134 Å². The Morgan fingerprint density at radius 2 is 1.64 bits per heavy atom. The molecule has 1 unspecified atom stereocenters.